The minimum absolute atomic E-state index is 0.0464. The highest BCUT2D eigenvalue weighted by Crippen LogP contribution is 2.30. The first kappa shape index (κ1) is 21.7. The van der Waals surface area contributed by atoms with Gasteiger partial charge in [0.2, 0.25) is 5.91 Å². The van der Waals surface area contributed by atoms with Crippen molar-refractivity contribution in [1.82, 2.24) is 9.55 Å². The molecule has 1 aliphatic rings. The van der Waals surface area contributed by atoms with Crippen molar-refractivity contribution in [3.63, 3.8) is 0 Å². The van der Waals surface area contributed by atoms with E-state index in [4.69, 9.17) is 4.98 Å². The van der Waals surface area contributed by atoms with Crippen molar-refractivity contribution in [2.24, 2.45) is 0 Å². The molecule has 1 N–H and O–H groups in total. The lowest BCUT2D eigenvalue weighted by Crippen LogP contribution is -2.25. The summed E-state index contributed by atoms with van der Waals surface area (Å²) in [6.45, 7) is 8.00. The maximum atomic E-state index is 13.3. The van der Waals surface area contributed by atoms with Gasteiger partial charge in [-0.25, -0.2) is 4.98 Å². The van der Waals surface area contributed by atoms with Crippen LogP contribution in [0.1, 0.15) is 27.9 Å². The van der Waals surface area contributed by atoms with Gasteiger partial charge in [-0.2, -0.15) is 0 Å². The van der Waals surface area contributed by atoms with Crippen LogP contribution >= 0.6 is 23.5 Å². The van der Waals surface area contributed by atoms with Gasteiger partial charge in [0.1, 0.15) is 0 Å². The molecule has 0 saturated heterocycles. The average Bonchev–Trinajstić information content (AvgIpc) is 3.17. The summed E-state index contributed by atoms with van der Waals surface area (Å²) in [6, 6.07) is 12.0. The molecule has 1 aromatic heterocycles. The number of benzene rings is 2. The molecule has 0 atom stereocenters. The van der Waals surface area contributed by atoms with Gasteiger partial charge in [0.05, 0.1) is 22.0 Å². The third kappa shape index (κ3) is 4.72. The number of nitrogens with one attached hydrogen (secondary N) is 1. The lowest BCUT2D eigenvalue weighted by atomic mass is 10.1. The predicted molar refractivity (Wildman–Crippen MR) is 129 cm³/mol. The molecule has 0 radical (unpaired) electrons. The van der Waals surface area contributed by atoms with Crippen LogP contribution in [-0.2, 0) is 11.2 Å². The summed E-state index contributed by atoms with van der Waals surface area (Å²) in [4.78, 5) is 31.5. The van der Waals surface area contributed by atoms with Crippen LogP contribution in [0, 0.1) is 27.7 Å². The van der Waals surface area contributed by atoms with Crippen LogP contribution in [0.3, 0.4) is 0 Å². The highest BCUT2D eigenvalue weighted by Gasteiger charge is 2.23. The van der Waals surface area contributed by atoms with Crippen LogP contribution < -0.4 is 10.9 Å². The van der Waals surface area contributed by atoms with Crippen LogP contribution in [0.15, 0.2) is 51.2 Å². The molecule has 3 aromatic rings. The normalized spacial score (nSPS) is 12.6. The van der Waals surface area contributed by atoms with E-state index in [9.17, 15) is 9.59 Å². The Bertz CT molecular complexity index is 1210. The molecule has 1 amide bonds. The molecule has 0 aliphatic carbocycles. The van der Waals surface area contributed by atoms with Crippen LogP contribution in [0.25, 0.3) is 5.69 Å². The van der Waals surface area contributed by atoms with Crippen LogP contribution in [0.2, 0.25) is 0 Å². The maximum Gasteiger partial charge on any atom is 0.272 e. The Morgan fingerprint density at radius 2 is 1.84 bits per heavy atom. The number of amides is 1. The number of rotatable bonds is 5. The summed E-state index contributed by atoms with van der Waals surface area (Å²) >= 11 is 2.87. The van der Waals surface area contributed by atoms with Crippen molar-refractivity contribution >= 4 is 35.1 Å². The first-order chi connectivity index (χ1) is 14.8. The Kier molecular flexibility index (Phi) is 6.25. The molecule has 0 unspecified atom stereocenters. The highest BCUT2D eigenvalue weighted by atomic mass is 32.2. The van der Waals surface area contributed by atoms with E-state index in [2.05, 4.69) is 11.4 Å². The van der Waals surface area contributed by atoms with E-state index in [1.807, 2.05) is 58.0 Å². The molecule has 31 heavy (non-hydrogen) atoms. The number of hydrogen-bond donors (Lipinski definition) is 1. The van der Waals surface area contributed by atoms with Crippen molar-refractivity contribution in [2.75, 3.05) is 16.8 Å². The van der Waals surface area contributed by atoms with Crippen molar-refractivity contribution < 1.29 is 4.79 Å². The third-order valence-corrected chi connectivity index (χ3v) is 7.18. The summed E-state index contributed by atoms with van der Waals surface area (Å²) in [5, 5.41) is 3.55. The molecule has 0 fully saturated rings. The second-order valence-corrected chi connectivity index (χ2v) is 9.96. The Morgan fingerprint density at radius 3 is 2.58 bits per heavy atom. The Balaban J connectivity index is 1.65. The van der Waals surface area contributed by atoms with E-state index in [0.29, 0.717) is 5.16 Å². The van der Waals surface area contributed by atoms with Gasteiger partial charge in [0.15, 0.2) is 5.16 Å². The molecule has 2 aromatic carbocycles. The number of carbonyl (C=O) groups excluding carboxylic acids is 1. The topological polar surface area (TPSA) is 64.0 Å². The van der Waals surface area contributed by atoms with Gasteiger partial charge in [-0.15, -0.1) is 11.8 Å². The second-order valence-electron chi connectivity index (χ2n) is 7.91. The summed E-state index contributed by atoms with van der Waals surface area (Å²) in [5.74, 6) is 0.928. The maximum absolute atomic E-state index is 13.3. The molecule has 1 aliphatic heterocycles. The fourth-order valence-electron chi connectivity index (χ4n) is 3.68. The zero-order chi connectivity index (χ0) is 22.1. The summed E-state index contributed by atoms with van der Waals surface area (Å²) in [6.07, 6.45) is 0.783. The number of aryl methyl sites for hydroxylation is 5. The minimum Gasteiger partial charge on any atom is -0.325 e. The van der Waals surface area contributed by atoms with Gasteiger partial charge in [-0.05, 0) is 68.1 Å². The van der Waals surface area contributed by atoms with Gasteiger partial charge in [0.25, 0.3) is 5.56 Å². The highest BCUT2D eigenvalue weighted by molar-refractivity contribution is 8.00. The molecule has 160 valence electrons. The molecule has 0 spiro atoms. The molecular weight excluding hydrogens is 426 g/mol. The smallest absolute Gasteiger partial charge is 0.272 e. The molecule has 0 bridgehead atoms. The summed E-state index contributed by atoms with van der Waals surface area (Å²) < 4.78 is 1.66. The van der Waals surface area contributed by atoms with Crippen LogP contribution in [-0.4, -0.2) is 27.0 Å². The molecule has 0 saturated carbocycles. The Morgan fingerprint density at radius 1 is 1.10 bits per heavy atom. The van der Waals surface area contributed by atoms with Gasteiger partial charge in [0, 0.05) is 17.9 Å². The standard InChI is InChI=1S/C24H25N3O2S2/c1-14-5-6-17(4)20(12-14)25-21(28)13-31-24-26-19-7-8-30-22(19)23(29)27(24)18-10-15(2)9-16(3)11-18/h5-6,9-12H,7-8,13H2,1-4H3,(H,25,28). The van der Waals surface area contributed by atoms with E-state index >= 15 is 0 Å². The SMILES string of the molecule is Cc1cc(C)cc(-n2c(SCC(=O)Nc3cc(C)ccc3C)nc3c(c2=O)SCC3)c1. The first-order valence-corrected chi connectivity index (χ1v) is 12.2. The number of anilines is 1. The number of carbonyl (C=O) groups is 1. The fourth-order valence-corrected chi connectivity index (χ4v) is 5.54. The van der Waals surface area contributed by atoms with Crippen molar-refractivity contribution in [1.29, 1.82) is 0 Å². The van der Waals surface area contributed by atoms with Crippen LogP contribution in [0.4, 0.5) is 5.69 Å². The molecule has 4 rings (SSSR count). The third-order valence-electron chi connectivity index (χ3n) is 5.13. The van der Waals surface area contributed by atoms with E-state index in [1.54, 1.807) is 16.3 Å². The minimum atomic E-state index is -0.116. The lowest BCUT2D eigenvalue weighted by Gasteiger charge is -2.15. The molecule has 5 nitrogen and oxygen atoms in total. The zero-order valence-corrected chi connectivity index (χ0v) is 19.7. The van der Waals surface area contributed by atoms with Gasteiger partial charge < -0.3 is 5.32 Å². The van der Waals surface area contributed by atoms with Crippen molar-refractivity contribution in [2.45, 2.75) is 44.2 Å². The fraction of sp³-hybridized carbons (Fsp3) is 0.292. The van der Waals surface area contributed by atoms with E-state index in [-0.39, 0.29) is 17.2 Å². The largest absolute Gasteiger partial charge is 0.325 e. The quantitative estimate of drug-likeness (QED) is 0.444. The number of fused-ring (bicyclic) bond motifs is 1. The molecule has 7 heteroatoms. The summed E-state index contributed by atoms with van der Waals surface area (Å²) in [5.41, 5.74) is 6.68. The number of aromatic nitrogens is 2. The number of nitrogens with zero attached hydrogens (tertiary/aromatic N) is 2. The summed E-state index contributed by atoms with van der Waals surface area (Å²) in [7, 11) is 0. The number of hydrogen-bond acceptors (Lipinski definition) is 5. The van der Waals surface area contributed by atoms with E-state index < -0.39 is 0 Å². The number of thioether (sulfide) groups is 2. The molecule has 2 heterocycles. The lowest BCUT2D eigenvalue weighted by molar-refractivity contribution is -0.113. The second kappa shape index (κ2) is 8.93. The Hall–Kier alpha value is -2.51. The van der Waals surface area contributed by atoms with Crippen molar-refractivity contribution in [3.05, 3.63) is 74.7 Å². The monoisotopic (exact) mass is 451 g/mol. The van der Waals surface area contributed by atoms with Crippen LogP contribution in [0.5, 0.6) is 0 Å². The predicted octanol–water partition coefficient (Wildman–Crippen LogP) is 4.85. The van der Waals surface area contributed by atoms with E-state index in [0.717, 1.165) is 56.4 Å². The van der Waals surface area contributed by atoms with E-state index in [1.165, 1.54) is 11.8 Å². The zero-order valence-electron chi connectivity index (χ0n) is 18.1. The van der Waals surface area contributed by atoms with Gasteiger partial charge >= 0.3 is 0 Å². The van der Waals surface area contributed by atoms with Gasteiger partial charge in [-0.3, -0.25) is 14.2 Å². The van der Waals surface area contributed by atoms with Gasteiger partial charge in [-0.1, -0.05) is 30.0 Å². The average molecular weight is 452 g/mol. The van der Waals surface area contributed by atoms with Crippen molar-refractivity contribution in [3.8, 4) is 5.69 Å². The first-order valence-electron chi connectivity index (χ1n) is 10.2. The Labute approximate surface area is 190 Å². The molecular formula is C24H25N3O2S2.